The molecule has 1 saturated heterocycles. The topological polar surface area (TPSA) is 136 Å². The average Bonchev–Trinajstić information content (AvgIpc) is 3.48. The van der Waals surface area contributed by atoms with E-state index in [4.69, 9.17) is 0 Å². The fraction of sp³-hybridized carbons (Fsp3) is 0.690. The molecule has 0 spiro atoms. The molecule has 0 aromatic carbocycles. The highest BCUT2D eigenvalue weighted by Crippen LogP contribution is 2.62. The molecule has 8 nitrogen and oxygen atoms in total. The van der Waals surface area contributed by atoms with Gasteiger partial charge in [-0.2, -0.15) is 0 Å². The number of allylic oxidation sites excluding steroid dienone is 3. The number of fused-ring (bicyclic) bond motifs is 7. The highest BCUT2D eigenvalue weighted by molar-refractivity contribution is 6.27. The van der Waals surface area contributed by atoms with Crippen molar-refractivity contribution < 1.29 is 29.7 Å². The van der Waals surface area contributed by atoms with E-state index in [9.17, 15) is 29.7 Å². The molecule has 5 aliphatic rings. The number of carbonyl (C=O) groups excluding carboxylic acids is 3. The van der Waals surface area contributed by atoms with Crippen molar-refractivity contribution in [2.24, 2.45) is 47.3 Å². The van der Waals surface area contributed by atoms with Gasteiger partial charge in [0.1, 0.15) is 17.4 Å². The van der Waals surface area contributed by atoms with Gasteiger partial charge in [0.2, 0.25) is 5.91 Å². The molecule has 0 aromatic heterocycles. The van der Waals surface area contributed by atoms with Crippen molar-refractivity contribution in [1.82, 2.24) is 10.6 Å². The lowest BCUT2D eigenvalue weighted by Crippen LogP contribution is -2.43. The number of nitrogens with one attached hydrogen (secondary N) is 2. The van der Waals surface area contributed by atoms with Crippen LogP contribution in [-0.4, -0.2) is 57.7 Å². The van der Waals surface area contributed by atoms with E-state index in [0.29, 0.717) is 42.4 Å². The Morgan fingerprint density at radius 1 is 1.00 bits per heavy atom. The van der Waals surface area contributed by atoms with Gasteiger partial charge in [-0.1, -0.05) is 32.4 Å². The summed E-state index contributed by atoms with van der Waals surface area (Å²) in [5.41, 5.74) is -0.350. The Hall–Kier alpha value is -2.45. The first-order chi connectivity index (χ1) is 17.7. The lowest BCUT2D eigenvalue weighted by Gasteiger charge is -2.44. The van der Waals surface area contributed by atoms with Crippen molar-refractivity contribution in [2.75, 3.05) is 6.54 Å². The van der Waals surface area contributed by atoms with Crippen LogP contribution in [0.4, 0.5) is 0 Å². The van der Waals surface area contributed by atoms with Crippen LogP contribution in [0.5, 0.6) is 0 Å². The normalized spacial score (nSPS) is 48.0. The van der Waals surface area contributed by atoms with Gasteiger partial charge in [-0.05, 0) is 91.6 Å². The monoisotopic (exact) mass is 512 g/mol. The third-order valence-electron chi connectivity index (χ3n) is 10.2. The highest BCUT2D eigenvalue weighted by atomic mass is 16.3. The number of aliphatic hydroxyl groups excluding tert-OH is 3. The van der Waals surface area contributed by atoms with Crippen molar-refractivity contribution in [3.63, 3.8) is 0 Å². The molecule has 202 valence electrons. The quantitative estimate of drug-likeness (QED) is 0.342. The maximum absolute atomic E-state index is 12.8. The van der Waals surface area contributed by atoms with Gasteiger partial charge in [0, 0.05) is 6.54 Å². The third kappa shape index (κ3) is 4.67. The van der Waals surface area contributed by atoms with Crippen LogP contribution in [0.15, 0.2) is 35.6 Å². The van der Waals surface area contributed by atoms with E-state index in [1.165, 1.54) is 25.0 Å². The molecule has 8 heteroatoms. The number of carbonyl (C=O) groups is 3. The van der Waals surface area contributed by atoms with E-state index in [1.807, 2.05) is 12.2 Å². The summed E-state index contributed by atoms with van der Waals surface area (Å²) in [4.78, 5) is 37.7. The molecule has 2 heterocycles. The van der Waals surface area contributed by atoms with Gasteiger partial charge in [0.05, 0.1) is 12.2 Å². The molecule has 2 amide bonds. The summed E-state index contributed by atoms with van der Waals surface area (Å²) in [5, 5.41) is 37.7. The maximum Gasteiger partial charge on any atom is 0.259 e. The minimum atomic E-state index is -1.19. The largest absolute Gasteiger partial charge is 0.507 e. The minimum absolute atomic E-state index is 0.0725. The van der Waals surface area contributed by atoms with E-state index in [1.54, 1.807) is 0 Å². The summed E-state index contributed by atoms with van der Waals surface area (Å²) < 4.78 is 0. The van der Waals surface area contributed by atoms with Crippen LogP contribution in [0.1, 0.15) is 52.4 Å². The Labute approximate surface area is 218 Å². The lowest BCUT2D eigenvalue weighted by molar-refractivity contribution is -0.118. The Bertz CT molecular complexity index is 1030. The summed E-state index contributed by atoms with van der Waals surface area (Å²) in [6.45, 7) is 4.76. The Balaban J connectivity index is 1.47. The number of hydrogen-bond acceptors (Lipinski definition) is 6. The SMILES string of the molecule is CC[C@H]1C[C@@H]2C[C@@H]3[C@H]4C/C=C\C(=O)NCCC(O)C5NC(=O)/C(=C(O)\C=C\[C@@H]4C[C@H](O)[C@H]3[C@@H]2[C@H]1C)C5=O. The molecular weight excluding hydrogens is 472 g/mol. The van der Waals surface area contributed by atoms with Gasteiger partial charge in [-0.25, -0.2) is 0 Å². The number of aliphatic hydroxyl groups is 3. The fourth-order valence-corrected chi connectivity index (χ4v) is 8.51. The second-order valence-corrected chi connectivity index (χ2v) is 11.9. The summed E-state index contributed by atoms with van der Waals surface area (Å²) in [7, 11) is 0. The number of hydrogen-bond donors (Lipinski definition) is 5. The van der Waals surface area contributed by atoms with Crippen LogP contribution in [-0.2, 0) is 14.4 Å². The van der Waals surface area contributed by atoms with E-state index in [-0.39, 0.29) is 42.2 Å². The number of rotatable bonds is 1. The highest BCUT2D eigenvalue weighted by Gasteiger charge is 2.58. The average molecular weight is 513 g/mol. The summed E-state index contributed by atoms with van der Waals surface area (Å²) >= 11 is 0. The van der Waals surface area contributed by atoms with Gasteiger partial charge >= 0.3 is 0 Å². The van der Waals surface area contributed by atoms with Gasteiger partial charge < -0.3 is 26.0 Å². The first kappa shape index (κ1) is 26.2. The molecule has 2 bridgehead atoms. The van der Waals surface area contributed by atoms with E-state index < -0.39 is 35.7 Å². The molecule has 4 fully saturated rings. The molecule has 2 aliphatic heterocycles. The van der Waals surface area contributed by atoms with Crippen molar-refractivity contribution in [3.8, 4) is 0 Å². The Morgan fingerprint density at radius 3 is 2.54 bits per heavy atom. The molecule has 0 radical (unpaired) electrons. The van der Waals surface area contributed by atoms with Gasteiger partial charge in [-0.15, -0.1) is 0 Å². The molecule has 0 aromatic rings. The predicted octanol–water partition coefficient (Wildman–Crippen LogP) is 2.18. The zero-order valence-corrected chi connectivity index (χ0v) is 21.7. The van der Waals surface area contributed by atoms with Crippen LogP contribution in [0.2, 0.25) is 0 Å². The number of ketones is 1. The molecule has 37 heavy (non-hydrogen) atoms. The molecule has 11 atom stereocenters. The summed E-state index contributed by atoms with van der Waals surface area (Å²) in [5.74, 6) is 1.03. The van der Waals surface area contributed by atoms with Crippen molar-refractivity contribution >= 4 is 17.6 Å². The second-order valence-electron chi connectivity index (χ2n) is 11.9. The van der Waals surface area contributed by atoms with Crippen molar-refractivity contribution in [1.29, 1.82) is 0 Å². The number of amides is 2. The van der Waals surface area contributed by atoms with Crippen LogP contribution in [0, 0.1) is 47.3 Å². The van der Waals surface area contributed by atoms with Crippen molar-refractivity contribution in [3.05, 3.63) is 35.6 Å². The first-order valence-corrected chi connectivity index (χ1v) is 14.0. The molecule has 3 aliphatic carbocycles. The van der Waals surface area contributed by atoms with E-state index >= 15 is 0 Å². The Morgan fingerprint density at radius 2 is 1.78 bits per heavy atom. The predicted molar refractivity (Wildman–Crippen MR) is 137 cm³/mol. The van der Waals surface area contributed by atoms with Crippen LogP contribution in [0.3, 0.4) is 0 Å². The molecule has 5 rings (SSSR count). The van der Waals surface area contributed by atoms with Crippen LogP contribution >= 0.6 is 0 Å². The zero-order chi connectivity index (χ0) is 26.4. The van der Waals surface area contributed by atoms with E-state index in [2.05, 4.69) is 24.5 Å². The second kappa shape index (κ2) is 10.4. The summed E-state index contributed by atoms with van der Waals surface area (Å²) in [6, 6.07) is -1.16. The molecule has 5 N–H and O–H groups in total. The minimum Gasteiger partial charge on any atom is -0.507 e. The van der Waals surface area contributed by atoms with Crippen LogP contribution in [0.25, 0.3) is 0 Å². The Kier molecular flexibility index (Phi) is 7.33. The third-order valence-corrected chi connectivity index (χ3v) is 10.2. The van der Waals surface area contributed by atoms with E-state index in [0.717, 1.165) is 6.42 Å². The first-order valence-electron chi connectivity index (χ1n) is 14.0. The molecule has 2 unspecified atom stereocenters. The number of Topliss-reactive ketones (excluding diaryl/α,β-unsaturated/α-hetero) is 1. The smallest absolute Gasteiger partial charge is 0.259 e. The standard InChI is InChI=1S/C29H40N2O6/c1-3-15-11-17-12-19-18-5-4-6-23(35)30-10-9-21(33)27-28(36)26(29(37)31-27)20(32)8-7-16(18)13-22(34)25(19)24(17)14(15)2/h4,6-8,14-19,21-22,24-25,27,32-34H,3,5,9-13H2,1-2H3,(H,30,35)(H,31,37)/b6-4-,8-7+,26-20+/t14-,15-,16+,17+,18-,19+,21?,22-,24+,25-,27?/m0/s1. The molecular formula is C29H40N2O6. The van der Waals surface area contributed by atoms with Gasteiger partial charge in [-0.3, -0.25) is 14.4 Å². The zero-order valence-electron chi connectivity index (χ0n) is 21.7. The fourth-order valence-electron chi connectivity index (χ4n) is 8.51. The lowest BCUT2D eigenvalue weighted by atomic mass is 9.62. The van der Waals surface area contributed by atoms with Gasteiger partial charge in [0.25, 0.3) is 5.91 Å². The maximum atomic E-state index is 12.8. The molecule has 3 saturated carbocycles. The van der Waals surface area contributed by atoms with Gasteiger partial charge in [0.15, 0.2) is 5.78 Å². The van der Waals surface area contributed by atoms with Crippen molar-refractivity contribution in [2.45, 2.75) is 70.6 Å². The summed E-state index contributed by atoms with van der Waals surface area (Å²) in [6.07, 6.45) is 9.79. The van der Waals surface area contributed by atoms with Crippen LogP contribution < -0.4 is 10.6 Å².